The van der Waals surface area contributed by atoms with Gasteiger partial charge in [-0.15, -0.1) is 0 Å². The number of pyridine rings is 1. The fraction of sp³-hybridized carbons (Fsp3) is 0.615. The largest absolute Gasteiger partial charge is 0.401 e. The molecule has 0 fully saturated rings. The first kappa shape index (κ1) is 16.7. The molecule has 1 rings (SSSR count). The molecule has 1 N–H and O–H groups in total. The summed E-state index contributed by atoms with van der Waals surface area (Å²) in [6, 6.07) is 3.62. The molecule has 4 nitrogen and oxygen atoms in total. The SMILES string of the molecule is CNCCN(Cc1ccc(N(C)C)nc1)CC(F)(F)F. The molecular formula is C13H21F3N4. The summed E-state index contributed by atoms with van der Waals surface area (Å²) < 4.78 is 37.6. The molecule has 0 atom stereocenters. The maximum atomic E-state index is 12.5. The van der Waals surface area contributed by atoms with E-state index in [0.717, 1.165) is 11.4 Å². The lowest BCUT2D eigenvalue weighted by Crippen LogP contribution is -2.37. The zero-order valence-electron chi connectivity index (χ0n) is 12.0. The zero-order valence-corrected chi connectivity index (χ0v) is 12.0. The van der Waals surface area contributed by atoms with E-state index >= 15 is 0 Å². The lowest BCUT2D eigenvalue weighted by atomic mass is 10.2. The summed E-state index contributed by atoms with van der Waals surface area (Å²) in [5.41, 5.74) is 0.774. The van der Waals surface area contributed by atoms with Gasteiger partial charge < -0.3 is 10.2 Å². The van der Waals surface area contributed by atoms with Crippen molar-refractivity contribution in [1.82, 2.24) is 15.2 Å². The monoisotopic (exact) mass is 290 g/mol. The normalized spacial score (nSPS) is 11.9. The Hall–Kier alpha value is -1.34. The molecule has 7 heteroatoms. The van der Waals surface area contributed by atoms with Crippen molar-refractivity contribution in [3.8, 4) is 0 Å². The Morgan fingerprint density at radius 3 is 2.40 bits per heavy atom. The van der Waals surface area contributed by atoms with Gasteiger partial charge >= 0.3 is 6.18 Å². The number of hydrogen-bond acceptors (Lipinski definition) is 4. The van der Waals surface area contributed by atoms with Crippen LogP contribution in [0, 0.1) is 0 Å². The Balaban J connectivity index is 2.67. The van der Waals surface area contributed by atoms with Crippen molar-refractivity contribution in [3.63, 3.8) is 0 Å². The topological polar surface area (TPSA) is 31.4 Å². The van der Waals surface area contributed by atoms with Crippen LogP contribution < -0.4 is 10.2 Å². The van der Waals surface area contributed by atoms with Crippen molar-refractivity contribution < 1.29 is 13.2 Å². The van der Waals surface area contributed by atoms with Crippen molar-refractivity contribution in [2.45, 2.75) is 12.7 Å². The molecular weight excluding hydrogens is 269 g/mol. The van der Waals surface area contributed by atoms with E-state index in [1.165, 1.54) is 4.90 Å². The quantitative estimate of drug-likeness (QED) is 0.829. The highest BCUT2D eigenvalue weighted by Crippen LogP contribution is 2.18. The Labute approximate surface area is 117 Å². The molecule has 1 aromatic rings. The molecule has 0 saturated carbocycles. The van der Waals surface area contributed by atoms with E-state index in [1.807, 2.05) is 25.1 Å². The van der Waals surface area contributed by atoms with Crippen LogP contribution in [0.25, 0.3) is 0 Å². The van der Waals surface area contributed by atoms with Gasteiger partial charge in [-0.25, -0.2) is 4.98 Å². The van der Waals surface area contributed by atoms with Crippen molar-refractivity contribution in [2.24, 2.45) is 0 Å². The number of anilines is 1. The van der Waals surface area contributed by atoms with Gasteiger partial charge in [-0.3, -0.25) is 4.90 Å². The Morgan fingerprint density at radius 1 is 1.25 bits per heavy atom. The molecule has 0 aliphatic carbocycles. The van der Waals surface area contributed by atoms with Gasteiger partial charge in [-0.1, -0.05) is 6.07 Å². The minimum atomic E-state index is -4.19. The lowest BCUT2D eigenvalue weighted by Gasteiger charge is -2.23. The number of aromatic nitrogens is 1. The number of rotatable bonds is 7. The number of likely N-dealkylation sites (N-methyl/N-ethyl adjacent to an activating group) is 1. The molecule has 1 heterocycles. The van der Waals surface area contributed by atoms with Crippen LogP contribution in [0.15, 0.2) is 18.3 Å². The summed E-state index contributed by atoms with van der Waals surface area (Å²) in [4.78, 5) is 7.42. The summed E-state index contributed by atoms with van der Waals surface area (Å²) in [7, 11) is 5.45. The Kier molecular flexibility index (Phi) is 6.22. The first-order chi connectivity index (χ1) is 9.31. The van der Waals surface area contributed by atoms with Crippen LogP contribution >= 0.6 is 0 Å². The van der Waals surface area contributed by atoms with Crippen LogP contribution in [0.2, 0.25) is 0 Å². The molecule has 0 spiro atoms. The molecule has 0 radical (unpaired) electrons. The van der Waals surface area contributed by atoms with E-state index < -0.39 is 12.7 Å². The number of nitrogens with zero attached hydrogens (tertiary/aromatic N) is 3. The average molecular weight is 290 g/mol. The van der Waals surface area contributed by atoms with Gasteiger partial charge in [0.2, 0.25) is 0 Å². The van der Waals surface area contributed by atoms with Crippen LogP contribution in [-0.4, -0.2) is 56.8 Å². The van der Waals surface area contributed by atoms with Crippen LogP contribution in [0.5, 0.6) is 0 Å². The van der Waals surface area contributed by atoms with Gasteiger partial charge in [0, 0.05) is 39.9 Å². The average Bonchev–Trinajstić information content (AvgIpc) is 2.35. The maximum Gasteiger partial charge on any atom is 0.401 e. The van der Waals surface area contributed by atoms with Crippen molar-refractivity contribution in [1.29, 1.82) is 0 Å². The van der Waals surface area contributed by atoms with Crippen LogP contribution in [0.4, 0.5) is 19.0 Å². The summed E-state index contributed by atoms with van der Waals surface area (Å²) in [6.07, 6.45) is -2.57. The second kappa shape index (κ2) is 7.44. The summed E-state index contributed by atoms with van der Waals surface area (Å²) >= 11 is 0. The third-order valence-electron chi connectivity index (χ3n) is 2.75. The highest BCUT2D eigenvalue weighted by molar-refractivity contribution is 5.37. The van der Waals surface area contributed by atoms with E-state index in [-0.39, 0.29) is 6.54 Å². The van der Waals surface area contributed by atoms with Crippen LogP contribution in [-0.2, 0) is 6.54 Å². The smallest absolute Gasteiger partial charge is 0.363 e. The van der Waals surface area contributed by atoms with Gasteiger partial charge in [-0.2, -0.15) is 13.2 Å². The zero-order chi connectivity index (χ0) is 15.2. The second-order valence-corrected chi connectivity index (χ2v) is 4.85. The molecule has 0 aliphatic heterocycles. The number of alkyl halides is 3. The minimum absolute atomic E-state index is 0.238. The third-order valence-corrected chi connectivity index (χ3v) is 2.75. The standard InChI is InChI=1S/C13H21F3N4/c1-17-6-7-20(10-13(14,15)16)9-11-4-5-12(18-8-11)19(2)3/h4-5,8,17H,6-7,9-10H2,1-3H3. The number of nitrogens with one attached hydrogen (secondary N) is 1. The fourth-order valence-corrected chi connectivity index (χ4v) is 1.77. The summed E-state index contributed by atoms with van der Waals surface area (Å²) in [5.74, 6) is 0.784. The van der Waals surface area contributed by atoms with Crippen LogP contribution in [0.3, 0.4) is 0 Å². The second-order valence-electron chi connectivity index (χ2n) is 4.85. The van der Waals surface area contributed by atoms with Crippen molar-refractivity contribution in [2.75, 3.05) is 45.7 Å². The maximum absolute atomic E-state index is 12.5. The van der Waals surface area contributed by atoms with E-state index in [1.54, 1.807) is 19.3 Å². The molecule has 0 unspecified atom stereocenters. The lowest BCUT2D eigenvalue weighted by molar-refractivity contribution is -0.146. The van der Waals surface area contributed by atoms with E-state index in [0.29, 0.717) is 13.1 Å². The molecule has 0 aliphatic rings. The highest BCUT2D eigenvalue weighted by atomic mass is 19.4. The minimum Gasteiger partial charge on any atom is -0.363 e. The molecule has 20 heavy (non-hydrogen) atoms. The van der Waals surface area contributed by atoms with Crippen LogP contribution in [0.1, 0.15) is 5.56 Å². The molecule has 114 valence electrons. The van der Waals surface area contributed by atoms with Crippen molar-refractivity contribution >= 4 is 5.82 Å². The number of halogens is 3. The predicted octanol–water partition coefficient (Wildman–Crippen LogP) is 1.73. The van der Waals surface area contributed by atoms with Crippen molar-refractivity contribution in [3.05, 3.63) is 23.9 Å². The van der Waals surface area contributed by atoms with E-state index in [9.17, 15) is 13.2 Å². The molecule has 0 saturated heterocycles. The first-order valence-electron chi connectivity index (χ1n) is 6.38. The molecule has 0 aromatic carbocycles. The highest BCUT2D eigenvalue weighted by Gasteiger charge is 2.30. The van der Waals surface area contributed by atoms with E-state index in [4.69, 9.17) is 0 Å². The van der Waals surface area contributed by atoms with Gasteiger partial charge in [0.05, 0.1) is 6.54 Å². The predicted molar refractivity (Wildman–Crippen MR) is 73.8 cm³/mol. The Bertz CT molecular complexity index is 390. The summed E-state index contributed by atoms with van der Waals surface area (Å²) in [6.45, 7) is 0.177. The molecule has 1 aromatic heterocycles. The third kappa shape index (κ3) is 6.21. The van der Waals surface area contributed by atoms with Gasteiger partial charge in [0.15, 0.2) is 0 Å². The van der Waals surface area contributed by atoms with Gasteiger partial charge in [-0.05, 0) is 18.7 Å². The summed E-state index contributed by atoms with van der Waals surface area (Å²) in [5, 5.41) is 2.86. The number of hydrogen-bond donors (Lipinski definition) is 1. The Morgan fingerprint density at radius 2 is 1.95 bits per heavy atom. The van der Waals surface area contributed by atoms with Gasteiger partial charge in [0.1, 0.15) is 5.82 Å². The first-order valence-corrected chi connectivity index (χ1v) is 6.38. The fourth-order valence-electron chi connectivity index (χ4n) is 1.77. The van der Waals surface area contributed by atoms with E-state index in [2.05, 4.69) is 10.3 Å². The molecule has 0 bridgehead atoms. The van der Waals surface area contributed by atoms with Gasteiger partial charge in [0.25, 0.3) is 0 Å². The molecule has 0 amide bonds.